The molecule has 0 bridgehead atoms. The summed E-state index contributed by atoms with van der Waals surface area (Å²) < 4.78 is 0. The number of aryl methyl sites for hydroxylation is 1. The zero-order chi connectivity index (χ0) is 13.0. The SMILES string of the molecule is CNC(C)c1ccnc(Sc2ccc(C)cc2)c1. The van der Waals surface area contributed by atoms with Crippen LogP contribution in [0.2, 0.25) is 0 Å². The van der Waals surface area contributed by atoms with Crippen LogP contribution < -0.4 is 5.32 Å². The lowest BCUT2D eigenvalue weighted by atomic mass is 10.1. The van der Waals surface area contributed by atoms with Crippen molar-refractivity contribution in [1.29, 1.82) is 0 Å². The smallest absolute Gasteiger partial charge is 0.101 e. The molecule has 0 saturated heterocycles. The normalized spacial score (nSPS) is 12.4. The van der Waals surface area contributed by atoms with E-state index in [0.717, 1.165) is 5.03 Å². The van der Waals surface area contributed by atoms with Crippen molar-refractivity contribution in [2.24, 2.45) is 0 Å². The molecule has 94 valence electrons. The van der Waals surface area contributed by atoms with Crippen molar-refractivity contribution in [3.8, 4) is 0 Å². The average Bonchev–Trinajstić information content (AvgIpc) is 2.41. The Balaban J connectivity index is 2.16. The molecule has 0 aliphatic carbocycles. The first kappa shape index (κ1) is 13.1. The van der Waals surface area contributed by atoms with Gasteiger partial charge in [-0.15, -0.1) is 0 Å². The molecule has 1 heterocycles. The Morgan fingerprint density at radius 2 is 1.89 bits per heavy atom. The first-order valence-electron chi connectivity index (χ1n) is 6.07. The van der Waals surface area contributed by atoms with E-state index in [0.29, 0.717) is 6.04 Å². The third-order valence-electron chi connectivity index (χ3n) is 2.94. The van der Waals surface area contributed by atoms with Crippen LogP contribution in [0.1, 0.15) is 24.1 Å². The van der Waals surface area contributed by atoms with E-state index in [2.05, 4.69) is 60.5 Å². The summed E-state index contributed by atoms with van der Waals surface area (Å²) >= 11 is 1.70. The van der Waals surface area contributed by atoms with E-state index in [-0.39, 0.29) is 0 Å². The molecule has 0 radical (unpaired) electrons. The van der Waals surface area contributed by atoms with Crippen LogP contribution in [0.4, 0.5) is 0 Å². The average molecular weight is 258 g/mol. The largest absolute Gasteiger partial charge is 0.313 e. The summed E-state index contributed by atoms with van der Waals surface area (Å²) in [7, 11) is 1.97. The Kier molecular flexibility index (Phi) is 4.39. The Hall–Kier alpha value is -1.32. The second kappa shape index (κ2) is 6.03. The maximum absolute atomic E-state index is 4.41. The summed E-state index contributed by atoms with van der Waals surface area (Å²) in [5.74, 6) is 0. The number of aromatic nitrogens is 1. The third-order valence-corrected chi connectivity index (χ3v) is 3.88. The van der Waals surface area contributed by atoms with Crippen LogP contribution in [0.25, 0.3) is 0 Å². The zero-order valence-electron chi connectivity index (χ0n) is 11.0. The minimum atomic E-state index is 0.352. The highest BCUT2D eigenvalue weighted by molar-refractivity contribution is 7.99. The quantitative estimate of drug-likeness (QED) is 0.902. The Bertz CT molecular complexity index is 508. The molecule has 3 heteroatoms. The molecule has 0 aliphatic heterocycles. The molecule has 2 aromatic rings. The molecule has 1 aromatic heterocycles. The first-order chi connectivity index (χ1) is 8.69. The molecule has 2 nitrogen and oxygen atoms in total. The van der Waals surface area contributed by atoms with Crippen LogP contribution >= 0.6 is 11.8 Å². The molecular formula is C15H18N2S. The van der Waals surface area contributed by atoms with Crippen molar-refractivity contribution in [1.82, 2.24) is 10.3 Å². The van der Waals surface area contributed by atoms with Crippen LogP contribution in [0, 0.1) is 6.92 Å². The van der Waals surface area contributed by atoms with Gasteiger partial charge in [0, 0.05) is 17.1 Å². The lowest BCUT2D eigenvalue weighted by Gasteiger charge is -2.11. The Morgan fingerprint density at radius 3 is 2.56 bits per heavy atom. The van der Waals surface area contributed by atoms with E-state index in [9.17, 15) is 0 Å². The van der Waals surface area contributed by atoms with Gasteiger partial charge in [-0.25, -0.2) is 4.98 Å². The van der Waals surface area contributed by atoms with Crippen molar-refractivity contribution in [2.75, 3.05) is 7.05 Å². The fourth-order valence-electron chi connectivity index (χ4n) is 1.64. The molecule has 0 amide bonds. The fraction of sp³-hybridized carbons (Fsp3) is 0.267. The zero-order valence-corrected chi connectivity index (χ0v) is 11.8. The van der Waals surface area contributed by atoms with Crippen molar-refractivity contribution >= 4 is 11.8 Å². The van der Waals surface area contributed by atoms with Crippen LogP contribution in [0.3, 0.4) is 0 Å². The molecule has 0 aliphatic rings. The van der Waals surface area contributed by atoms with Crippen molar-refractivity contribution in [2.45, 2.75) is 29.8 Å². The van der Waals surface area contributed by atoms with E-state index < -0.39 is 0 Å². The summed E-state index contributed by atoms with van der Waals surface area (Å²) in [5, 5.41) is 4.28. The van der Waals surface area contributed by atoms with Gasteiger partial charge in [0.2, 0.25) is 0 Å². The van der Waals surface area contributed by atoms with E-state index >= 15 is 0 Å². The molecule has 18 heavy (non-hydrogen) atoms. The van der Waals surface area contributed by atoms with E-state index in [1.807, 2.05) is 13.2 Å². The van der Waals surface area contributed by atoms with Gasteiger partial charge in [-0.3, -0.25) is 0 Å². The maximum atomic E-state index is 4.41. The summed E-state index contributed by atoms with van der Waals surface area (Å²) in [4.78, 5) is 5.63. The molecule has 1 atom stereocenters. The van der Waals surface area contributed by atoms with Gasteiger partial charge in [0.25, 0.3) is 0 Å². The minimum Gasteiger partial charge on any atom is -0.313 e. The minimum absolute atomic E-state index is 0.352. The van der Waals surface area contributed by atoms with Gasteiger partial charge in [0.05, 0.1) is 0 Å². The summed E-state index contributed by atoms with van der Waals surface area (Å²) in [6.07, 6.45) is 1.87. The number of hydrogen-bond donors (Lipinski definition) is 1. The molecule has 0 fully saturated rings. The van der Waals surface area contributed by atoms with Crippen LogP contribution in [-0.4, -0.2) is 12.0 Å². The van der Waals surface area contributed by atoms with Crippen molar-refractivity contribution in [3.63, 3.8) is 0 Å². The number of rotatable bonds is 4. The molecule has 0 spiro atoms. The van der Waals surface area contributed by atoms with Gasteiger partial charge in [0.1, 0.15) is 5.03 Å². The van der Waals surface area contributed by atoms with Gasteiger partial charge in [-0.2, -0.15) is 0 Å². The number of nitrogens with one attached hydrogen (secondary N) is 1. The second-order valence-corrected chi connectivity index (χ2v) is 5.45. The first-order valence-corrected chi connectivity index (χ1v) is 6.88. The van der Waals surface area contributed by atoms with Gasteiger partial charge in [0.15, 0.2) is 0 Å². The number of hydrogen-bond acceptors (Lipinski definition) is 3. The van der Waals surface area contributed by atoms with E-state index in [1.54, 1.807) is 11.8 Å². The van der Waals surface area contributed by atoms with Gasteiger partial charge >= 0.3 is 0 Å². The number of pyridine rings is 1. The Labute approximate surface area is 113 Å². The third kappa shape index (κ3) is 3.34. The van der Waals surface area contributed by atoms with Crippen LogP contribution in [0.5, 0.6) is 0 Å². The van der Waals surface area contributed by atoms with E-state index in [1.165, 1.54) is 16.0 Å². The van der Waals surface area contributed by atoms with Gasteiger partial charge < -0.3 is 5.32 Å². The summed E-state index contributed by atoms with van der Waals surface area (Å²) in [6.45, 7) is 4.25. The summed E-state index contributed by atoms with van der Waals surface area (Å²) in [5.41, 5.74) is 2.55. The predicted octanol–water partition coefficient (Wildman–Crippen LogP) is 3.82. The van der Waals surface area contributed by atoms with Crippen LogP contribution in [0.15, 0.2) is 52.5 Å². The fourth-order valence-corrected chi connectivity index (χ4v) is 2.47. The molecule has 0 saturated carbocycles. The summed E-state index contributed by atoms with van der Waals surface area (Å²) in [6, 6.07) is 13.1. The maximum Gasteiger partial charge on any atom is 0.101 e. The van der Waals surface area contributed by atoms with Crippen LogP contribution in [-0.2, 0) is 0 Å². The van der Waals surface area contributed by atoms with E-state index in [4.69, 9.17) is 0 Å². The highest BCUT2D eigenvalue weighted by atomic mass is 32.2. The highest BCUT2D eigenvalue weighted by Crippen LogP contribution is 2.27. The highest BCUT2D eigenvalue weighted by Gasteiger charge is 2.05. The lowest BCUT2D eigenvalue weighted by Crippen LogP contribution is -2.12. The molecule has 1 unspecified atom stereocenters. The second-order valence-electron chi connectivity index (χ2n) is 4.35. The molecule has 2 rings (SSSR count). The van der Waals surface area contributed by atoms with Gasteiger partial charge in [-0.1, -0.05) is 29.5 Å². The molecular weight excluding hydrogens is 240 g/mol. The topological polar surface area (TPSA) is 24.9 Å². The number of nitrogens with zero attached hydrogens (tertiary/aromatic N) is 1. The Morgan fingerprint density at radius 1 is 1.17 bits per heavy atom. The number of benzene rings is 1. The molecule has 1 N–H and O–H groups in total. The van der Waals surface area contributed by atoms with Crippen molar-refractivity contribution in [3.05, 3.63) is 53.7 Å². The monoisotopic (exact) mass is 258 g/mol. The standard InChI is InChI=1S/C15H18N2S/c1-11-4-6-14(7-5-11)18-15-10-13(8-9-17-15)12(2)16-3/h4-10,12,16H,1-3H3. The van der Waals surface area contributed by atoms with Crippen molar-refractivity contribution < 1.29 is 0 Å². The van der Waals surface area contributed by atoms with Gasteiger partial charge in [-0.05, 0) is 50.7 Å². The lowest BCUT2D eigenvalue weighted by molar-refractivity contribution is 0.649. The predicted molar refractivity (Wildman–Crippen MR) is 77.0 cm³/mol. The molecule has 1 aromatic carbocycles.